The average Bonchev–Trinajstić information content (AvgIpc) is 3.47. The lowest BCUT2D eigenvalue weighted by atomic mass is 9.51. The Labute approximate surface area is 193 Å². The van der Waals surface area contributed by atoms with Gasteiger partial charge in [-0.3, -0.25) is 19.6 Å². The molecule has 1 N–H and O–H groups in total. The molecule has 3 fully saturated rings. The summed E-state index contributed by atoms with van der Waals surface area (Å²) in [5.74, 6) is 0.475. The number of ketones is 1. The first kappa shape index (κ1) is 20.5. The van der Waals surface area contributed by atoms with Gasteiger partial charge >= 0.3 is 0 Å². The van der Waals surface area contributed by atoms with E-state index < -0.39 is 0 Å². The molecule has 7 heteroatoms. The van der Waals surface area contributed by atoms with Crippen molar-refractivity contribution in [3.8, 4) is 11.3 Å². The van der Waals surface area contributed by atoms with Gasteiger partial charge in [0, 0.05) is 29.0 Å². The number of aliphatic imine (C=N–C) groups is 2. The van der Waals surface area contributed by atoms with Crippen LogP contribution in [0.2, 0.25) is 0 Å². The van der Waals surface area contributed by atoms with Gasteiger partial charge in [0.1, 0.15) is 5.78 Å². The topological polar surface area (TPSA) is 88.7 Å². The van der Waals surface area contributed by atoms with Gasteiger partial charge in [0.05, 0.1) is 49.6 Å². The summed E-state index contributed by atoms with van der Waals surface area (Å²) in [6.07, 6.45) is 10.8. The Kier molecular flexibility index (Phi) is 4.82. The van der Waals surface area contributed by atoms with Crippen LogP contribution in [0.3, 0.4) is 0 Å². The summed E-state index contributed by atoms with van der Waals surface area (Å²) in [7, 11) is 0. The summed E-state index contributed by atoms with van der Waals surface area (Å²) in [6, 6.07) is 8.36. The highest BCUT2D eigenvalue weighted by Crippen LogP contribution is 2.58. The zero-order valence-corrected chi connectivity index (χ0v) is 18.8. The maximum absolute atomic E-state index is 13.7. The number of hydrogen-bond donors (Lipinski definition) is 1. The number of nitrogens with zero attached hydrogens (tertiary/aromatic N) is 4. The smallest absolute Gasteiger partial charge is 0.226 e. The lowest BCUT2D eigenvalue weighted by Gasteiger charge is -2.51. The van der Waals surface area contributed by atoms with Crippen LogP contribution >= 0.6 is 0 Å². The van der Waals surface area contributed by atoms with Crippen molar-refractivity contribution in [2.45, 2.75) is 51.0 Å². The Morgan fingerprint density at radius 3 is 2.55 bits per heavy atom. The van der Waals surface area contributed by atoms with E-state index in [1.54, 1.807) is 6.21 Å². The normalized spacial score (nSPS) is 29.3. The Bertz CT molecular complexity index is 1150. The van der Waals surface area contributed by atoms with E-state index in [0.717, 1.165) is 56.5 Å². The van der Waals surface area contributed by atoms with Gasteiger partial charge in [-0.2, -0.15) is 0 Å². The van der Waals surface area contributed by atoms with Gasteiger partial charge in [-0.05, 0) is 44.1 Å². The molecule has 1 amide bonds. The molecule has 2 bridgehead atoms. The SMILES string of the molecule is O=C(CC1c2ccccc2-c2cncn21)C12CCC(C(=O)NCC3=NCCN=C3)(CC1)CC2. The van der Waals surface area contributed by atoms with E-state index in [9.17, 15) is 9.59 Å². The van der Waals surface area contributed by atoms with Crippen molar-refractivity contribution in [2.75, 3.05) is 19.6 Å². The van der Waals surface area contributed by atoms with Crippen LogP contribution in [0.15, 0.2) is 46.8 Å². The summed E-state index contributed by atoms with van der Waals surface area (Å²) in [5, 5.41) is 3.10. The van der Waals surface area contributed by atoms with Crippen LogP contribution in [-0.2, 0) is 9.59 Å². The highest BCUT2D eigenvalue weighted by Gasteiger charge is 2.55. The number of carbonyl (C=O) groups is 2. The molecule has 0 spiro atoms. The molecule has 1 atom stereocenters. The van der Waals surface area contributed by atoms with Crippen molar-refractivity contribution in [1.82, 2.24) is 14.9 Å². The third-order valence-electron chi connectivity index (χ3n) is 8.51. The van der Waals surface area contributed by atoms with Crippen LogP contribution in [0.4, 0.5) is 0 Å². The second-order valence-corrected chi connectivity index (χ2v) is 10.1. The summed E-state index contributed by atoms with van der Waals surface area (Å²) in [4.78, 5) is 39.8. The van der Waals surface area contributed by atoms with Gasteiger partial charge < -0.3 is 9.88 Å². The number of fused-ring (bicyclic) bond motifs is 6. The van der Waals surface area contributed by atoms with E-state index in [4.69, 9.17) is 0 Å². The molecule has 2 aromatic rings. The fourth-order valence-corrected chi connectivity index (χ4v) is 6.40. The van der Waals surface area contributed by atoms with Crippen molar-refractivity contribution in [3.05, 3.63) is 42.4 Å². The fraction of sp³-hybridized carbons (Fsp3) is 0.500. The summed E-state index contributed by atoms with van der Waals surface area (Å²) in [6.45, 7) is 1.87. The van der Waals surface area contributed by atoms with Crippen LogP contribution in [0.5, 0.6) is 0 Å². The molecule has 3 heterocycles. The van der Waals surface area contributed by atoms with Crippen molar-refractivity contribution in [2.24, 2.45) is 20.8 Å². The molecule has 5 aliphatic rings. The van der Waals surface area contributed by atoms with Crippen LogP contribution in [0, 0.1) is 10.8 Å². The predicted octanol–water partition coefficient (Wildman–Crippen LogP) is 3.39. The number of nitrogens with one attached hydrogen (secondary N) is 1. The standard InChI is InChI=1S/C26H29N5O2/c32-23(13-21-19-3-1-2-4-20(19)22-16-28-17-31(21)22)25-5-8-26(9-6-25,10-7-25)24(33)30-15-18-14-27-11-12-29-18/h1-4,14,16-17,21H,5-13,15H2,(H,30,33). The molecule has 7 rings (SSSR count). The molecule has 0 saturated heterocycles. The average molecular weight is 444 g/mol. The molecule has 3 aliphatic carbocycles. The molecule has 0 radical (unpaired) electrons. The van der Waals surface area contributed by atoms with Gasteiger partial charge in [-0.25, -0.2) is 4.98 Å². The van der Waals surface area contributed by atoms with Gasteiger partial charge in [-0.15, -0.1) is 0 Å². The van der Waals surface area contributed by atoms with Crippen molar-refractivity contribution in [3.63, 3.8) is 0 Å². The first-order chi connectivity index (χ1) is 16.1. The largest absolute Gasteiger partial charge is 0.350 e. The van der Waals surface area contributed by atoms with E-state index >= 15 is 0 Å². The number of benzene rings is 1. The number of amides is 1. The van der Waals surface area contributed by atoms with Crippen molar-refractivity contribution >= 4 is 23.6 Å². The Morgan fingerprint density at radius 2 is 1.79 bits per heavy atom. The molecule has 2 aliphatic heterocycles. The first-order valence-corrected chi connectivity index (χ1v) is 12.1. The number of aromatic nitrogens is 2. The summed E-state index contributed by atoms with van der Waals surface area (Å²) in [5.41, 5.74) is 3.73. The minimum absolute atomic E-state index is 0.0235. The molecule has 1 aromatic carbocycles. The molecule has 1 unspecified atom stereocenters. The summed E-state index contributed by atoms with van der Waals surface area (Å²) < 4.78 is 2.15. The first-order valence-electron chi connectivity index (χ1n) is 12.1. The van der Waals surface area contributed by atoms with Gasteiger partial charge in [-0.1, -0.05) is 24.3 Å². The second kappa shape index (κ2) is 7.75. The highest BCUT2D eigenvalue weighted by molar-refractivity contribution is 6.32. The van der Waals surface area contributed by atoms with E-state index in [-0.39, 0.29) is 22.8 Å². The van der Waals surface area contributed by atoms with Gasteiger partial charge in [0.25, 0.3) is 0 Å². The molecular formula is C26H29N5O2. The van der Waals surface area contributed by atoms with E-state index in [2.05, 4.69) is 37.0 Å². The number of carbonyl (C=O) groups excluding carboxylic acids is 2. The van der Waals surface area contributed by atoms with E-state index in [1.165, 1.54) is 11.1 Å². The number of hydrogen-bond acceptors (Lipinski definition) is 5. The van der Waals surface area contributed by atoms with E-state index in [0.29, 0.717) is 25.3 Å². The maximum Gasteiger partial charge on any atom is 0.226 e. The Hall–Kier alpha value is -3.09. The molecule has 7 nitrogen and oxygen atoms in total. The molecule has 1 aromatic heterocycles. The predicted molar refractivity (Wildman–Crippen MR) is 127 cm³/mol. The monoisotopic (exact) mass is 443 g/mol. The molecule has 170 valence electrons. The molecular weight excluding hydrogens is 414 g/mol. The van der Waals surface area contributed by atoms with Gasteiger partial charge in [0.2, 0.25) is 5.91 Å². The quantitative estimate of drug-likeness (QED) is 0.742. The minimum Gasteiger partial charge on any atom is -0.350 e. The van der Waals surface area contributed by atoms with Crippen LogP contribution in [-0.4, -0.2) is 52.8 Å². The van der Waals surface area contributed by atoms with Crippen molar-refractivity contribution in [1.29, 1.82) is 0 Å². The number of Topliss-reactive ketones (excluding diaryl/α,β-unsaturated/α-hetero) is 1. The Morgan fingerprint density at radius 1 is 1.03 bits per heavy atom. The third-order valence-corrected chi connectivity index (χ3v) is 8.51. The third kappa shape index (κ3) is 3.28. The lowest BCUT2D eigenvalue weighted by molar-refractivity contribution is -0.149. The molecule has 3 saturated carbocycles. The Balaban J connectivity index is 1.13. The lowest BCUT2D eigenvalue weighted by Crippen LogP contribution is -2.53. The van der Waals surface area contributed by atoms with E-state index in [1.807, 2.05) is 24.7 Å². The highest BCUT2D eigenvalue weighted by atomic mass is 16.2. The number of imidazole rings is 1. The minimum atomic E-state index is -0.328. The van der Waals surface area contributed by atoms with Crippen molar-refractivity contribution < 1.29 is 9.59 Å². The fourth-order valence-electron chi connectivity index (χ4n) is 6.40. The second-order valence-electron chi connectivity index (χ2n) is 10.1. The zero-order valence-electron chi connectivity index (χ0n) is 18.8. The summed E-state index contributed by atoms with van der Waals surface area (Å²) >= 11 is 0. The number of rotatable bonds is 6. The maximum atomic E-state index is 13.7. The van der Waals surface area contributed by atoms with Crippen LogP contribution in [0.25, 0.3) is 11.3 Å². The molecule has 33 heavy (non-hydrogen) atoms. The van der Waals surface area contributed by atoms with Crippen LogP contribution in [0.1, 0.15) is 56.6 Å². The van der Waals surface area contributed by atoms with Gasteiger partial charge in [0.15, 0.2) is 0 Å². The van der Waals surface area contributed by atoms with Crippen LogP contribution < -0.4 is 5.32 Å². The zero-order chi connectivity index (χ0) is 22.5.